The molecule has 0 aromatic carbocycles. The van der Waals surface area contributed by atoms with Gasteiger partial charge in [-0.1, -0.05) is 6.92 Å². The Hall–Kier alpha value is 0.135. The second kappa shape index (κ2) is 4.98. The van der Waals surface area contributed by atoms with Crippen LogP contribution in [0.25, 0.3) is 0 Å². The molecule has 2 unspecified atom stereocenters. The lowest BCUT2D eigenvalue weighted by Crippen LogP contribution is -2.36. The molecular formula is C8H19BNO4P. The summed E-state index contributed by atoms with van der Waals surface area (Å²) in [7, 11) is 1.20. The summed E-state index contributed by atoms with van der Waals surface area (Å²) in [5.74, 6) is 0. The number of ether oxygens (including phenoxy) is 1. The Bertz CT molecular complexity index is 265. The van der Waals surface area contributed by atoms with Crippen molar-refractivity contribution >= 4 is 15.6 Å². The van der Waals surface area contributed by atoms with Crippen LogP contribution in [0.5, 0.6) is 0 Å². The van der Waals surface area contributed by atoms with E-state index in [9.17, 15) is 9.46 Å². The van der Waals surface area contributed by atoms with Crippen molar-refractivity contribution in [2.24, 2.45) is 0 Å². The smallest absolute Gasteiger partial charge is 0.382 e. The summed E-state index contributed by atoms with van der Waals surface area (Å²) in [5, 5.41) is 0. The van der Waals surface area contributed by atoms with Crippen LogP contribution in [0.4, 0.5) is 0 Å². The Labute approximate surface area is 91.7 Å². The quantitative estimate of drug-likeness (QED) is 0.556. The maximum absolute atomic E-state index is 11.6. The first kappa shape index (κ1) is 13.2. The molecular weight excluding hydrogens is 216 g/mol. The van der Waals surface area contributed by atoms with Gasteiger partial charge in [0.05, 0.1) is 6.10 Å². The maximum Gasteiger partial charge on any atom is 0.405 e. The second-order valence-corrected chi connectivity index (χ2v) is 5.92. The molecule has 1 N–H and O–H groups in total. The summed E-state index contributed by atoms with van der Waals surface area (Å²) in [5.41, 5.74) is 0. The van der Waals surface area contributed by atoms with Crippen LogP contribution >= 0.6 is 7.75 Å². The van der Waals surface area contributed by atoms with E-state index in [1.54, 1.807) is 7.05 Å². The Morgan fingerprint density at radius 1 is 1.73 bits per heavy atom. The van der Waals surface area contributed by atoms with E-state index in [2.05, 4.69) is 4.52 Å². The minimum Gasteiger partial charge on any atom is -0.382 e. The van der Waals surface area contributed by atoms with Gasteiger partial charge in [-0.2, -0.15) is 0 Å². The molecule has 1 fully saturated rings. The summed E-state index contributed by atoms with van der Waals surface area (Å²) in [4.78, 5) is 9.56. The minimum absolute atomic E-state index is 0.0145. The van der Waals surface area contributed by atoms with Gasteiger partial charge in [0.25, 0.3) is 0 Å². The fourth-order valence-electron chi connectivity index (χ4n) is 2.01. The lowest BCUT2D eigenvalue weighted by Gasteiger charge is -2.29. The predicted molar refractivity (Wildman–Crippen MR) is 60.5 cm³/mol. The number of nitrogens with zero attached hydrogens (tertiary/aromatic N) is 1. The second-order valence-electron chi connectivity index (χ2n) is 3.94. The number of hydrogen-bond acceptors (Lipinski definition) is 3. The molecule has 0 saturated carbocycles. The Morgan fingerprint density at radius 2 is 2.33 bits per heavy atom. The number of hydrogen-bond donors (Lipinski definition) is 1. The van der Waals surface area contributed by atoms with Gasteiger partial charge in [-0.3, -0.25) is 0 Å². The first-order valence-electron chi connectivity index (χ1n) is 5.19. The van der Waals surface area contributed by atoms with E-state index >= 15 is 0 Å². The van der Waals surface area contributed by atoms with Crippen molar-refractivity contribution in [2.45, 2.75) is 37.9 Å². The maximum atomic E-state index is 11.6. The molecule has 0 spiro atoms. The third-order valence-corrected chi connectivity index (χ3v) is 4.50. The lowest BCUT2D eigenvalue weighted by molar-refractivity contribution is 0.0617. The Kier molecular flexibility index (Phi) is 4.38. The van der Waals surface area contributed by atoms with Gasteiger partial charge in [0.15, 0.2) is 0 Å². The number of rotatable bonds is 4. The van der Waals surface area contributed by atoms with Gasteiger partial charge >= 0.3 is 7.75 Å². The topological polar surface area (TPSA) is 59.0 Å². The predicted octanol–water partition coefficient (Wildman–Crippen LogP) is 0.192. The third-order valence-electron chi connectivity index (χ3n) is 2.93. The fraction of sp³-hybridized carbons (Fsp3) is 1.00. The van der Waals surface area contributed by atoms with Gasteiger partial charge in [-0.15, -0.1) is 0 Å². The van der Waals surface area contributed by atoms with Crippen LogP contribution in [0.1, 0.15) is 19.8 Å². The Morgan fingerprint density at radius 3 is 2.80 bits per heavy atom. The number of likely N-dealkylation sites (N-methyl/N-ethyl adjacent to an activating group) is 1. The molecule has 0 aromatic heterocycles. The van der Waals surface area contributed by atoms with Crippen molar-refractivity contribution in [1.29, 1.82) is 0 Å². The highest BCUT2D eigenvalue weighted by molar-refractivity contribution is 7.50. The molecule has 88 valence electrons. The molecule has 4 atom stereocenters. The molecule has 7 heteroatoms. The molecule has 1 aliphatic heterocycles. The van der Waals surface area contributed by atoms with Crippen LogP contribution in [0.2, 0.25) is 0 Å². The van der Waals surface area contributed by atoms with Gasteiger partial charge in [-0.25, -0.2) is 9.24 Å². The summed E-state index contributed by atoms with van der Waals surface area (Å²) in [6.45, 7) is 2.01. The van der Waals surface area contributed by atoms with Crippen LogP contribution < -0.4 is 0 Å². The standard InChI is InChI=1S/C8H19BNO4P/c1-4-7-6(5-8(9)14-7)10(2)15(11,12)13-3/h6-8H,4-5,9H2,1-3H3,(H,11,12)/t6?,7-,8-/m1/s1. The van der Waals surface area contributed by atoms with E-state index in [1.807, 2.05) is 14.8 Å². The van der Waals surface area contributed by atoms with Gasteiger partial charge < -0.3 is 14.2 Å². The van der Waals surface area contributed by atoms with Crippen molar-refractivity contribution in [1.82, 2.24) is 4.67 Å². The monoisotopic (exact) mass is 235 g/mol. The first-order valence-corrected chi connectivity index (χ1v) is 6.72. The molecule has 0 aliphatic carbocycles. The lowest BCUT2D eigenvalue weighted by atomic mass is 9.94. The van der Waals surface area contributed by atoms with E-state index in [0.717, 1.165) is 12.8 Å². The van der Waals surface area contributed by atoms with Crippen molar-refractivity contribution in [2.75, 3.05) is 14.2 Å². The third kappa shape index (κ3) is 2.83. The summed E-state index contributed by atoms with van der Waals surface area (Å²) in [6.07, 6.45) is 1.62. The van der Waals surface area contributed by atoms with Crippen molar-refractivity contribution in [3.05, 3.63) is 0 Å². The van der Waals surface area contributed by atoms with E-state index in [4.69, 9.17) is 4.74 Å². The molecule has 15 heavy (non-hydrogen) atoms. The zero-order chi connectivity index (χ0) is 11.6. The Balaban J connectivity index is 2.74. The van der Waals surface area contributed by atoms with E-state index in [-0.39, 0.29) is 18.1 Å². The molecule has 0 aromatic rings. The zero-order valence-electron chi connectivity index (χ0n) is 9.71. The van der Waals surface area contributed by atoms with Gasteiger partial charge in [-0.05, 0) is 19.9 Å². The van der Waals surface area contributed by atoms with E-state index < -0.39 is 7.75 Å². The molecule has 0 amide bonds. The highest BCUT2D eigenvalue weighted by atomic mass is 31.2. The highest BCUT2D eigenvalue weighted by Crippen LogP contribution is 2.48. The van der Waals surface area contributed by atoms with E-state index in [1.165, 1.54) is 11.8 Å². The normalized spacial score (nSPS) is 35.7. The molecule has 1 heterocycles. The van der Waals surface area contributed by atoms with Crippen LogP contribution in [-0.2, 0) is 13.8 Å². The zero-order valence-corrected chi connectivity index (χ0v) is 10.6. The molecule has 5 nitrogen and oxygen atoms in total. The average Bonchev–Trinajstić information content (AvgIpc) is 2.58. The van der Waals surface area contributed by atoms with Crippen LogP contribution in [0, 0.1) is 0 Å². The van der Waals surface area contributed by atoms with Crippen LogP contribution in [-0.4, -0.2) is 49.7 Å². The fourth-order valence-corrected chi connectivity index (χ4v) is 2.89. The van der Waals surface area contributed by atoms with E-state index in [0.29, 0.717) is 0 Å². The van der Waals surface area contributed by atoms with Gasteiger partial charge in [0.1, 0.15) is 7.85 Å². The molecule has 0 bridgehead atoms. The minimum atomic E-state index is -3.64. The van der Waals surface area contributed by atoms with Gasteiger partial charge in [0, 0.05) is 19.2 Å². The van der Waals surface area contributed by atoms with Crippen LogP contribution in [0.15, 0.2) is 0 Å². The SMILES string of the molecule is B[C@H]1CC(N(C)P(=O)(O)OC)[C@@H](CC)O1. The van der Waals surface area contributed by atoms with Crippen molar-refractivity contribution < 1.29 is 18.7 Å². The average molecular weight is 235 g/mol. The molecule has 1 saturated heterocycles. The van der Waals surface area contributed by atoms with Crippen LogP contribution in [0.3, 0.4) is 0 Å². The van der Waals surface area contributed by atoms with Gasteiger partial charge in [0.2, 0.25) is 0 Å². The summed E-state index contributed by atoms with van der Waals surface area (Å²) < 4.78 is 23.3. The summed E-state index contributed by atoms with van der Waals surface area (Å²) in [6, 6.07) is 0.0973. The van der Waals surface area contributed by atoms with Crippen molar-refractivity contribution in [3.63, 3.8) is 0 Å². The molecule has 1 aliphatic rings. The molecule has 1 rings (SSSR count). The first-order chi connectivity index (χ1) is 6.92. The van der Waals surface area contributed by atoms with Crippen molar-refractivity contribution in [3.8, 4) is 0 Å². The summed E-state index contributed by atoms with van der Waals surface area (Å²) >= 11 is 0. The molecule has 0 radical (unpaired) electrons. The highest BCUT2D eigenvalue weighted by Gasteiger charge is 2.41. The largest absolute Gasteiger partial charge is 0.405 e.